The maximum absolute atomic E-state index is 10.5. The van der Waals surface area contributed by atoms with Crippen LogP contribution in [-0.4, -0.2) is 11.1 Å². The Kier molecular flexibility index (Phi) is 5.56. The van der Waals surface area contributed by atoms with Crippen molar-refractivity contribution < 1.29 is 9.59 Å². The minimum atomic E-state index is -0.403. The normalized spacial score (nSPS) is 8.50. The predicted molar refractivity (Wildman–Crippen MR) is 56.2 cm³/mol. The number of halogens is 1. The van der Waals surface area contributed by atoms with Gasteiger partial charge in [-0.2, -0.15) is 0 Å². The Morgan fingerprint density at radius 2 is 1.57 bits per heavy atom. The van der Waals surface area contributed by atoms with E-state index in [9.17, 15) is 9.59 Å². The summed E-state index contributed by atoms with van der Waals surface area (Å²) in [7, 11) is 0. The number of aryl methyl sites for hydroxylation is 1. The molecule has 0 aliphatic heterocycles. The summed E-state index contributed by atoms with van der Waals surface area (Å²) in [6.45, 7) is 3.27. The molecule has 0 fully saturated rings. The highest BCUT2D eigenvalue weighted by Gasteiger charge is 1.97. The molecule has 2 N–H and O–H groups in total. The van der Waals surface area contributed by atoms with Crippen molar-refractivity contribution in [2.45, 2.75) is 13.8 Å². The lowest BCUT2D eigenvalue weighted by Crippen LogP contribution is -2.01. The van der Waals surface area contributed by atoms with Crippen LogP contribution in [0.25, 0.3) is 0 Å². The second-order valence-electron chi connectivity index (χ2n) is 2.75. The first-order valence-corrected chi connectivity index (χ1v) is 4.34. The van der Waals surface area contributed by atoms with E-state index in [1.807, 2.05) is 19.1 Å². The number of hydrogen-bond donors (Lipinski definition) is 1. The summed E-state index contributed by atoms with van der Waals surface area (Å²) in [5.74, 6) is -0.333. The Morgan fingerprint density at radius 3 is 1.86 bits per heavy atom. The number of hydrogen-bond acceptors (Lipinski definition) is 2. The smallest absolute Gasteiger partial charge is 0.252 e. The molecule has 14 heavy (non-hydrogen) atoms. The van der Waals surface area contributed by atoms with Crippen LogP contribution >= 0.6 is 11.6 Å². The molecule has 0 aromatic heterocycles. The highest BCUT2D eigenvalue weighted by atomic mass is 35.5. The summed E-state index contributed by atoms with van der Waals surface area (Å²) in [5, 5.41) is -0.403. The second-order valence-corrected chi connectivity index (χ2v) is 3.09. The summed E-state index contributed by atoms with van der Waals surface area (Å²) >= 11 is 5.22. The molecule has 0 saturated carbocycles. The third kappa shape index (κ3) is 6.20. The summed E-state index contributed by atoms with van der Waals surface area (Å²) in [6, 6.07) is 7.14. The fraction of sp³-hybridized carbons (Fsp3) is 0.200. The zero-order chi connectivity index (χ0) is 11.1. The quantitative estimate of drug-likeness (QED) is 0.724. The molecule has 1 aromatic rings. The van der Waals surface area contributed by atoms with Gasteiger partial charge in [0, 0.05) is 12.5 Å². The molecule has 0 saturated heterocycles. The van der Waals surface area contributed by atoms with Crippen LogP contribution < -0.4 is 5.73 Å². The van der Waals surface area contributed by atoms with E-state index in [0.717, 1.165) is 5.56 Å². The van der Waals surface area contributed by atoms with Gasteiger partial charge in [0.2, 0.25) is 5.91 Å². The van der Waals surface area contributed by atoms with Crippen LogP contribution in [0.4, 0.5) is 0 Å². The van der Waals surface area contributed by atoms with Crippen LogP contribution in [0.15, 0.2) is 24.3 Å². The number of amides is 1. The molecule has 1 rings (SSSR count). The first kappa shape index (κ1) is 12.7. The van der Waals surface area contributed by atoms with Crippen LogP contribution in [0, 0.1) is 6.92 Å². The predicted octanol–water partition coefficient (Wildman–Crippen LogP) is 1.87. The van der Waals surface area contributed by atoms with E-state index in [2.05, 4.69) is 5.73 Å². The van der Waals surface area contributed by atoms with Gasteiger partial charge < -0.3 is 5.73 Å². The van der Waals surface area contributed by atoms with Crippen LogP contribution in [0.1, 0.15) is 22.8 Å². The molecule has 1 aromatic carbocycles. The molecule has 0 bridgehead atoms. The van der Waals surface area contributed by atoms with Crippen molar-refractivity contribution >= 4 is 22.8 Å². The number of carbonyl (C=O) groups is 2. The molecular formula is C10H12ClNO2. The van der Waals surface area contributed by atoms with Gasteiger partial charge in [0.1, 0.15) is 0 Å². The molecule has 0 atom stereocenters. The summed E-state index contributed by atoms with van der Waals surface area (Å²) in [5.41, 5.74) is 6.15. The van der Waals surface area contributed by atoms with Gasteiger partial charge in [-0.05, 0) is 30.7 Å². The van der Waals surface area contributed by atoms with Gasteiger partial charge in [-0.25, -0.2) is 0 Å². The van der Waals surface area contributed by atoms with Crippen molar-refractivity contribution in [3.63, 3.8) is 0 Å². The number of carbonyl (C=O) groups excluding carboxylic acids is 2. The van der Waals surface area contributed by atoms with Gasteiger partial charge in [-0.3, -0.25) is 9.59 Å². The monoisotopic (exact) mass is 213 g/mol. The fourth-order valence-corrected chi connectivity index (χ4v) is 0.811. The van der Waals surface area contributed by atoms with Crippen molar-refractivity contribution in [3.8, 4) is 0 Å². The molecule has 0 heterocycles. The van der Waals surface area contributed by atoms with Gasteiger partial charge in [-0.15, -0.1) is 0 Å². The van der Waals surface area contributed by atoms with Crippen LogP contribution in [0.5, 0.6) is 0 Å². The second kappa shape index (κ2) is 6.16. The Hall–Kier alpha value is -1.35. The molecule has 0 radical (unpaired) electrons. The van der Waals surface area contributed by atoms with E-state index in [0.29, 0.717) is 5.56 Å². The Morgan fingerprint density at radius 1 is 1.21 bits per heavy atom. The van der Waals surface area contributed by atoms with Crippen molar-refractivity contribution in [1.82, 2.24) is 0 Å². The van der Waals surface area contributed by atoms with Gasteiger partial charge in [0.25, 0.3) is 5.24 Å². The zero-order valence-electron chi connectivity index (χ0n) is 8.08. The maximum Gasteiger partial charge on any atom is 0.252 e. The fourth-order valence-electron chi connectivity index (χ4n) is 0.685. The van der Waals surface area contributed by atoms with E-state index in [-0.39, 0.29) is 5.91 Å². The average Bonchev–Trinajstić information content (AvgIpc) is 2.03. The molecule has 0 unspecified atom stereocenters. The molecule has 0 spiro atoms. The molecular weight excluding hydrogens is 202 g/mol. The van der Waals surface area contributed by atoms with E-state index in [4.69, 9.17) is 11.6 Å². The van der Waals surface area contributed by atoms with E-state index in [1.54, 1.807) is 12.1 Å². The Bertz CT molecular complexity index is 315. The lowest BCUT2D eigenvalue weighted by molar-refractivity contribution is -0.115. The lowest BCUT2D eigenvalue weighted by Gasteiger charge is -1.92. The number of nitrogens with two attached hydrogens (primary N) is 1. The van der Waals surface area contributed by atoms with Crippen molar-refractivity contribution in [2.24, 2.45) is 5.73 Å². The van der Waals surface area contributed by atoms with Crippen molar-refractivity contribution in [3.05, 3.63) is 35.4 Å². The minimum Gasteiger partial charge on any atom is -0.370 e. The third-order valence-electron chi connectivity index (χ3n) is 1.28. The van der Waals surface area contributed by atoms with E-state index >= 15 is 0 Å². The third-order valence-corrected chi connectivity index (χ3v) is 1.50. The van der Waals surface area contributed by atoms with Crippen LogP contribution in [0.2, 0.25) is 0 Å². The molecule has 0 aliphatic rings. The SMILES string of the molecule is CC(N)=O.Cc1ccc(C(=O)Cl)cc1. The largest absolute Gasteiger partial charge is 0.370 e. The first-order chi connectivity index (χ1) is 6.43. The molecule has 76 valence electrons. The summed E-state index contributed by atoms with van der Waals surface area (Å²) in [4.78, 5) is 19.7. The number of primary amides is 1. The van der Waals surface area contributed by atoms with Crippen molar-refractivity contribution in [1.29, 1.82) is 0 Å². The van der Waals surface area contributed by atoms with Gasteiger partial charge >= 0.3 is 0 Å². The molecule has 0 aliphatic carbocycles. The summed E-state index contributed by atoms with van der Waals surface area (Å²) in [6.07, 6.45) is 0. The Labute approximate surface area is 87.9 Å². The standard InChI is InChI=1S/C8H7ClO.C2H5NO/c1-6-2-4-7(5-3-6)8(9)10;1-2(3)4/h2-5H,1H3;1H3,(H2,3,4). The minimum absolute atomic E-state index is 0.333. The van der Waals surface area contributed by atoms with E-state index in [1.165, 1.54) is 6.92 Å². The van der Waals surface area contributed by atoms with Gasteiger partial charge in [0.05, 0.1) is 0 Å². The molecule has 3 nitrogen and oxygen atoms in total. The number of rotatable bonds is 1. The van der Waals surface area contributed by atoms with Crippen molar-refractivity contribution in [2.75, 3.05) is 0 Å². The number of benzene rings is 1. The molecule has 4 heteroatoms. The zero-order valence-corrected chi connectivity index (χ0v) is 8.84. The van der Waals surface area contributed by atoms with E-state index < -0.39 is 5.24 Å². The van der Waals surface area contributed by atoms with Gasteiger partial charge in [0.15, 0.2) is 0 Å². The van der Waals surface area contributed by atoms with Crippen LogP contribution in [0.3, 0.4) is 0 Å². The topological polar surface area (TPSA) is 60.2 Å². The summed E-state index contributed by atoms with van der Waals surface area (Å²) < 4.78 is 0. The highest BCUT2D eigenvalue weighted by molar-refractivity contribution is 6.67. The van der Waals surface area contributed by atoms with Crippen LogP contribution in [-0.2, 0) is 4.79 Å². The Balaban J connectivity index is 0.000000364. The molecule has 1 amide bonds. The van der Waals surface area contributed by atoms with Gasteiger partial charge in [-0.1, -0.05) is 17.7 Å². The average molecular weight is 214 g/mol. The maximum atomic E-state index is 10.5. The highest BCUT2D eigenvalue weighted by Crippen LogP contribution is 2.05. The lowest BCUT2D eigenvalue weighted by atomic mass is 10.2. The first-order valence-electron chi connectivity index (χ1n) is 3.96.